The molecule has 0 heterocycles. The molecule has 0 radical (unpaired) electrons. The van der Waals surface area contributed by atoms with Crippen LogP contribution in [0.4, 0.5) is 0 Å². The third-order valence-corrected chi connectivity index (χ3v) is 2.87. The number of benzene rings is 2. The van der Waals surface area contributed by atoms with E-state index in [1.54, 1.807) is 30.3 Å². The third-order valence-electron chi connectivity index (χ3n) is 2.87. The highest BCUT2D eigenvalue weighted by Crippen LogP contribution is 2.28. The predicted molar refractivity (Wildman–Crippen MR) is 72.5 cm³/mol. The van der Waals surface area contributed by atoms with Crippen LogP contribution in [0.1, 0.15) is 27.0 Å². The zero-order valence-electron chi connectivity index (χ0n) is 10.8. The van der Waals surface area contributed by atoms with Gasteiger partial charge >= 0.3 is 0 Å². The van der Waals surface area contributed by atoms with Crippen molar-refractivity contribution in [2.45, 2.75) is 13.8 Å². The smallest absolute Gasteiger partial charge is 0.150 e. The topological polar surface area (TPSA) is 50.1 Å². The Kier molecular flexibility index (Phi) is 3.63. The molecule has 0 saturated heterocycles. The van der Waals surface area contributed by atoms with Gasteiger partial charge in [-0.3, -0.25) is 4.79 Å². The van der Waals surface area contributed by atoms with Crippen LogP contribution in [0.5, 0.6) is 11.5 Å². The van der Waals surface area contributed by atoms with Gasteiger partial charge in [0.2, 0.25) is 0 Å². The molecule has 0 aliphatic rings. The van der Waals surface area contributed by atoms with Gasteiger partial charge in [0, 0.05) is 5.56 Å². The molecule has 94 valence electrons. The maximum atomic E-state index is 10.7. The average Bonchev–Trinajstić information content (AvgIpc) is 2.43. The lowest BCUT2D eigenvalue weighted by molar-refractivity contribution is 0.112. The van der Waals surface area contributed by atoms with Crippen LogP contribution in [0.15, 0.2) is 36.4 Å². The fourth-order valence-corrected chi connectivity index (χ4v) is 1.76. The van der Waals surface area contributed by atoms with Crippen LogP contribution >= 0.6 is 0 Å². The SMILES string of the molecule is Cc1cc(C=O)ccc1Oc1cc(C#N)ccc1C. The summed E-state index contributed by atoms with van der Waals surface area (Å²) in [6.07, 6.45) is 0.804. The Balaban J connectivity index is 2.36. The van der Waals surface area contributed by atoms with Crippen LogP contribution in [0, 0.1) is 25.2 Å². The standard InChI is InChI=1S/C16H13NO2/c1-11-3-4-13(9-17)8-16(11)19-15-6-5-14(10-18)7-12(15)2/h3-8,10H,1-2H3. The number of nitrogens with zero attached hydrogens (tertiary/aromatic N) is 1. The number of hydrogen-bond acceptors (Lipinski definition) is 3. The quantitative estimate of drug-likeness (QED) is 0.780. The van der Waals surface area contributed by atoms with Gasteiger partial charge in [-0.1, -0.05) is 6.07 Å². The fraction of sp³-hybridized carbons (Fsp3) is 0.125. The van der Waals surface area contributed by atoms with Crippen LogP contribution in [-0.4, -0.2) is 6.29 Å². The molecule has 0 bridgehead atoms. The number of ether oxygens (including phenoxy) is 1. The van der Waals surface area contributed by atoms with Crippen molar-refractivity contribution in [2.24, 2.45) is 0 Å². The highest BCUT2D eigenvalue weighted by Gasteiger charge is 2.06. The summed E-state index contributed by atoms with van der Waals surface area (Å²) in [6.45, 7) is 3.80. The number of carbonyl (C=O) groups excluding carboxylic acids is 1. The van der Waals surface area contributed by atoms with E-state index in [4.69, 9.17) is 10.00 Å². The molecule has 0 atom stereocenters. The first-order chi connectivity index (χ1) is 9.13. The Morgan fingerprint density at radius 1 is 1.05 bits per heavy atom. The van der Waals surface area contributed by atoms with Crippen molar-refractivity contribution in [1.29, 1.82) is 5.26 Å². The van der Waals surface area contributed by atoms with Crippen molar-refractivity contribution < 1.29 is 9.53 Å². The number of aldehydes is 1. The molecule has 0 spiro atoms. The first-order valence-corrected chi connectivity index (χ1v) is 5.88. The molecule has 2 aromatic carbocycles. The number of nitriles is 1. The van der Waals surface area contributed by atoms with E-state index in [1.807, 2.05) is 19.9 Å². The Morgan fingerprint density at radius 2 is 1.84 bits per heavy atom. The van der Waals surface area contributed by atoms with Gasteiger partial charge in [0.05, 0.1) is 11.6 Å². The van der Waals surface area contributed by atoms with E-state index in [0.717, 1.165) is 17.4 Å². The second-order valence-electron chi connectivity index (χ2n) is 4.34. The Labute approximate surface area is 112 Å². The van der Waals surface area contributed by atoms with E-state index in [9.17, 15) is 4.79 Å². The van der Waals surface area contributed by atoms with E-state index < -0.39 is 0 Å². The van der Waals surface area contributed by atoms with Crippen molar-refractivity contribution in [1.82, 2.24) is 0 Å². The second kappa shape index (κ2) is 5.36. The van der Waals surface area contributed by atoms with E-state index in [0.29, 0.717) is 22.6 Å². The molecule has 19 heavy (non-hydrogen) atoms. The molecule has 0 aliphatic heterocycles. The first kappa shape index (κ1) is 12.8. The lowest BCUT2D eigenvalue weighted by Gasteiger charge is -2.11. The van der Waals surface area contributed by atoms with Gasteiger partial charge in [-0.05, 0) is 55.3 Å². The molecule has 0 aliphatic carbocycles. The minimum Gasteiger partial charge on any atom is -0.457 e. The number of rotatable bonds is 3. The van der Waals surface area contributed by atoms with E-state index >= 15 is 0 Å². The van der Waals surface area contributed by atoms with Crippen LogP contribution < -0.4 is 4.74 Å². The first-order valence-electron chi connectivity index (χ1n) is 5.88. The summed E-state index contributed by atoms with van der Waals surface area (Å²) >= 11 is 0. The molecule has 0 fully saturated rings. The summed E-state index contributed by atoms with van der Waals surface area (Å²) in [5.41, 5.74) is 3.01. The normalized spacial score (nSPS) is 9.74. The predicted octanol–water partition coefficient (Wildman–Crippen LogP) is 3.78. The van der Waals surface area contributed by atoms with Crippen molar-refractivity contribution in [3.8, 4) is 17.6 Å². The molecule has 0 aromatic heterocycles. The number of hydrogen-bond donors (Lipinski definition) is 0. The van der Waals surface area contributed by atoms with Gasteiger partial charge in [0.1, 0.15) is 17.8 Å². The molecule has 0 unspecified atom stereocenters. The van der Waals surface area contributed by atoms with E-state index in [2.05, 4.69) is 6.07 Å². The van der Waals surface area contributed by atoms with Crippen LogP contribution in [-0.2, 0) is 0 Å². The molecule has 0 amide bonds. The minimum atomic E-state index is 0.558. The Bertz CT molecular complexity index is 669. The fourth-order valence-electron chi connectivity index (χ4n) is 1.76. The summed E-state index contributed by atoms with van der Waals surface area (Å²) in [5.74, 6) is 1.34. The van der Waals surface area contributed by atoms with Crippen molar-refractivity contribution in [3.63, 3.8) is 0 Å². The molecule has 2 rings (SSSR count). The lowest BCUT2D eigenvalue weighted by Crippen LogP contribution is -1.92. The van der Waals surface area contributed by atoms with Crippen LogP contribution in [0.2, 0.25) is 0 Å². The number of carbonyl (C=O) groups is 1. The van der Waals surface area contributed by atoms with Gasteiger partial charge in [-0.2, -0.15) is 5.26 Å². The van der Waals surface area contributed by atoms with Gasteiger partial charge in [-0.15, -0.1) is 0 Å². The molecule has 3 nitrogen and oxygen atoms in total. The van der Waals surface area contributed by atoms with Crippen molar-refractivity contribution in [2.75, 3.05) is 0 Å². The second-order valence-corrected chi connectivity index (χ2v) is 4.34. The largest absolute Gasteiger partial charge is 0.457 e. The Hall–Kier alpha value is -2.60. The highest BCUT2D eigenvalue weighted by atomic mass is 16.5. The van der Waals surface area contributed by atoms with Gasteiger partial charge in [-0.25, -0.2) is 0 Å². The highest BCUT2D eigenvalue weighted by molar-refractivity contribution is 5.75. The third kappa shape index (κ3) is 2.80. The van der Waals surface area contributed by atoms with Crippen molar-refractivity contribution in [3.05, 3.63) is 58.7 Å². The van der Waals surface area contributed by atoms with Crippen molar-refractivity contribution >= 4 is 6.29 Å². The molecule has 0 N–H and O–H groups in total. The summed E-state index contributed by atoms with van der Waals surface area (Å²) < 4.78 is 5.81. The average molecular weight is 251 g/mol. The maximum absolute atomic E-state index is 10.7. The molecule has 2 aromatic rings. The molecular weight excluding hydrogens is 238 g/mol. The molecular formula is C16H13NO2. The summed E-state index contributed by atoms with van der Waals surface area (Å²) in [5, 5.41) is 8.90. The monoisotopic (exact) mass is 251 g/mol. The Morgan fingerprint density at radius 3 is 2.47 bits per heavy atom. The van der Waals surface area contributed by atoms with Gasteiger partial charge in [0.25, 0.3) is 0 Å². The van der Waals surface area contributed by atoms with E-state index in [-0.39, 0.29) is 0 Å². The zero-order chi connectivity index (χ0) is 13.8. The zero-order valence-corrected chi connectivity index (χ0v) is 10.8. The van der Waals surface area contributed by atoms with Gasteiger partial charge in [0.15, 0.2) is 0 Å². The lowest BCUT2D eigenvalue weighted by atomic mass is 10.1. The summed E-state index contributed by atoms with van der Waals surface area (Å²) in [7, 11) is 0. The van der Waals surface area contributed by atoms with Gasteiger partial charge < -0.3 is 4.74 Å². The van der Waals surface area contributed by atoms with Crippen LogP contribution in [0.25, 0.3) is 0 Å². The summed E-state index contributed by atoms with van der Waals surface area (Å²) in [4.78, 5) is 10.7. The number of aryl methyl sites for hydroxylation is 2. The molecule has 3 heteroatoms. The van der Waals surface area contributed by atoms with Crippen LogP contribution in [0.3, 0.4) is 0 Å². The molecule has 0 saturated carbocycles. The van der Waals surface area contributed by atoms with E-state index in [1.165, 1.54) is 0 Å². The summed E-state index contributed by atoms with van der Waals surface area (Å²) in [6, 6.07) is 12.6. The minimum absolute atomic E-state index is 0.558. The maximum Gasteiger partial charge on any atom is 0.150 e.